The molecule has 0 radical (unpaired) electrons. The minimum absolute atomic E-state index is 0.203. The number of hydrogen-bond acceptors (Lipinski definition) is 8. The van der Waals surface area contributed by atoms with Gasteiger partial charge in [0.2, 0.25) is 0 Å². The number of carbonyl (C=O) groups is 1. The topological polar surface area (TPSA) is 143 Å². The van der Waals surface area contributed by atoms with Crippen LogP contribution < -0.4 is 16.4 Å². The molecule has 0 saturated heterocycles. The monoisotopic (exact) mass is 454 g/mol. The summed E-state index contributed by atoms with van der Waals surface area (Å²) in [5.74, 6) is 0.292. The Hall–Kier alpha value is -4.40. The third-order valence-electron chi connectivity index (χ3n) is 5.30. The lowest BCUT2D eigenvalue weighted by Gasteiger charge is -2.28. The second kappa shape index (κ2) is 9.22. The number of nitrogens with zero attached hydrogens (tertiary/aromatic N) is 4. The number of hydrogen-bond donors (Lipinski definition) is 4. The number of para-hydroxylation sites is 2. The Bertz CT molecular complexity index is 1370. The van der Waals surface area contributed by atoms with Crippen LogP contribution in [0.5, 0.6) is 0 Å². The van der Waals surface area contributed by atoms with Gasteiger partial charge in [0.15, 0.2) is 0 Å². The van der Waals surface area contributed by atoms with Crippen molar-refractivity contribution in [3.63, 3.8) is 0 Å². The molecule has 0 aliphatic rings. The lowest BCUT2D eigenvalue weighted by Crippen LogP contribution is -2.44. The number of anilines is 2. The van der Waals surface area contributed by atoms with Gasteiger partial charge in [0.05, 0.1) is 34.0 Å². The van der Waals surface area contributed by atoms with E-state index in [0.717, 1.165) is 11.1 Å². The Labute approximate surface area is 197 Å². The van der Waals surface area contributed by atoms with E-state index >= 15 is 0 Å². The van der Waals surface area contributed by atoms with Gasteiger partial charge in [-0.15, -0.1) is 0 Å². The Morgan fingerprint density at radius 2 is 1.74 bits per heavy atom. The quantitative estimate of drug-likeness (QED) is 0.314. The van der Waals surface area contributed by atoms with Crippen LogP contribution in [0, 0.1) is 12.3 Å². The lowest BCUT2D eigenvalue weighted by molar-refractivity contribution is 0.0942. The molecular weight excluding hydrogens is 428 g/mol. The van der Waals surface area contributed by atoms with E-state index in [1.807, 2.05) is 69.3 Å². The highest BCUT2D eigenvalue weighted by Gasteiger charge is 2.24. The summed E-state index contributed by atoms with van der Waals surface area (Å²) in [4.78, 5) is 29.8. The standard InChI is InChI=1S/C25H26N8O/c1-15-8-10-16(11-9-15)21(26)20-22(27)30-14-31-23(20)33-25(2,3)13-29-24(34)19-12-28-17-6-4-5-7-18(17)32-19/h4-12,14,26H,13H2,1-3H3,(H,29,34)(H3,27,30,31,33). The second-order valence-electron chi connectivity index (χ2n) is 8.66. The van der Waals surface area contributed by atoms with Crippen LogP contribution in [-0.2, 0) is 0 Å². The van der Waals surface area contributed by atoms with E-state index in [4.69, 9.17) is 11.1 Å². The molecule has 2 aromatic heterocycles. The van der Waals surface area contributed by atoms with Gasteiger partial charge >= 0.3 is 0 Å². The maximum atomic E-state index is 12.7. The molecule has 4 rings (SSSR count). The van der Waals surface area contributed by atoms with Gasteiger partial charge < -0.3 is 16.4 Å². The molecule has 1 amide bonds. The Balaban J connectivity index is 1.50. The largest absolute Gasteiger partial charge is 0.383 e. The average molecular weight is 455 g/mol. The lowest BCUT2D eigenvalue weighted by atomic mass is 10.00. The number of fused-ring (bicyclic) bond motifs is 1. The fourth-order valence-corrected chi connectivity index (χ4v) is 3.43. The number of aromatic nitrogens is 4. The van der Waals surface area contributed by atoms with E-state index in [9.17, 15) is 4.79 Å². The number of nitrogens with two attached hydrogens (primary N) is 1. The van der Waals surface area contributed by atoms with Crippen LogP contribution in [0.4, 0.5) is 11.6 Å². The van der Waals surface area contributed by atoms with Crippen molar-refractivity contribution in [2.75, 3.05) is 17.6 Å². The van der Waals surface area contributed by atoms with Crippen molar-refractivity contribution in [2.45, 2.75) is 26.3 Å². The Kier molecular flexibility index (Phi) is 6.18. The van der Waals surface area contributed by atoms with Crippen LogP contribution in [0.25, 0.3) is 11.0 Å². The summed E-state index contributed by atoms with van der Waals surface area (Å²) in [6.07, 6.45) is 2.81. The van der Waals surface area contributed by atoms with E-state index in [-0.39, 0.29) is 29.7 Å². The molecule has 2 heterocycles. The highest BCUT2D eigenvalue weighted by atomic mass is 16.1. The predicted octanol–water partition coefficient (Wildman–Crippen LogP) is 3.35. The van der Waals surface area contributed by atoms with Crippen LogP contribution in [0.3, 0.4) is 0 Å². The fraction of sp³-hybridized carbons (Fsp3) is 0.200. The number of benzene rings is 2. The molecule has 0 fully saturated rings. The van der Waals surface area contributed by atoms with Gasteiger partial charge in [0.25, 0.3) is 5.91 Å². The molecule has 9 nitrogen and oxygen atoms in total. The smallest absolute Gasteiger partial charge is 0.271 e. The van der Waals surface area contributed by atoms with Gasteiger partial charge in [-0.1, -0.05) is 42.0 Å². The van der Waals surface area contributed by atoms with E-state index in [1.54, 1.807) is 0 Å². The zero-order valence-electron chi connectivity index (χ0n) is 19.3. The second-order valence-corrected chi connectivity index (χ2v) is 8.66. The number of carbonyl (C=O) groups excluding carboxylic acids is 1. The van der Waals surface area contributed by atoms with Crippen molar-refractivity contribution in [1.82, 2.24) is 25.3 Å². The molecule has 0 bridgehead atoms. The number of aryl methyl sites for hydroxylation is 1. The minimum atomic E-state index is -0.622. The van der Waals surface area contributed by atoms with Crippen LogP contribution in [-0.4, -0.2) is 43.6 Å². The number of rotatable bonds is 7. The number of nitrogens with one attached hydrogen (secondary N) is 3. The van der Waals surface area contributed by atoms with Crippen molar-refractivity contribution in [1.29, 1.82) is 5.41 Å². The van der Waals surface area contributed by atoms with Crippen molar-refractivity contribution in [3.8, 4) is 0 Å². The zero-order valence-corrected chi connectivity index (χ0v) is 19.3. The van der Waals surface area contributed by atoms with Gasteiger partial charge in [-0.3, -0.25) is 15.2 Å². The SMILES string of the molecule is Cc1ccc(C(=N)c2c(N)ncnc2NC(C)(C)CNC(=O)c2cnc3ccccc3n2)cc1. The minimum Gasteiger partial charge on any atom is -0.383 e. The molecule has 0 unspecified atom stereocenters. The molecule has 0 spiro atoms. The highest BCUT2D eigenvalue weighted by molar-refractivity contribution is 6.16. The maximum absolute atomic E-state index is 12.7. The van der Waals surface area contributed by atoms with Crippen LogP contribution in [0.15, 0.2) is 61.1 Å². The van der Waals surface area contributed by atoms with E-state index < -0.39 is 5.54 Å². The number of amides is 1. The van der Waals surface area contributed by atoms with Gasteiger partial charge in [0, 0.05) is 12.1 Å². The average Bonchev–Trinajstić information content (AvgIpc) is 2.82. The first-order valence-electron chi connectivity index (χ1n) is 10.8. The van der Waals surface area contributed by atoms with Crippen molar-refractivity contribution in [3.05, 3.63) is 83.4 Å². The van der Waals surface area contributed by atoms with E-state index in [0.29, 0.717) is 22.5 Å². The first kappa shape index (κ1) is 22.8. The van der Waals surface area contributed by atoms with Crippen LogP contribution in [0.2, 0.25) is 0 Å². The van der Waals surface area contributed by atoms with Crippen LogP contribution >= 0.6 is 0 Å². The predicted molar refractivity (Wildman–Crippen MR) is 133 cm³/mol. The summed E-state index contributed by atoms with van der Waals surface area (Å²) in [6.45, 7) is 6.08. The Morgan fingerprint density at radius 3 is 2.47 bits per heavy atom. The van der Waals surface area contributed by atoms with Crippen LogP contribution in [0.1, 0.15) is 41.0 Å². The number of nitrogen functional groups attached to an aromatic ring is 1. The van der Waals surface area contributed by atoms with Crippen molar-refractivity contribution < 1.29 is 4.79 Å². The van der Waals surface area contributed by atoms with Gasteiger partial charge in [-0.2, -0.15) is 0 Å². The van der Waals surface area contributed by atoms with E-state index in [1.165, 1.54) is 12.5 Å². The summed E-state index contributed by atoms with van der Waals surface area (Å²) >= 11 is 0. The highest BCUT2D eigenvalue weighted by Crippen LogP contribution is 2.24. The van der Waals surface area contributed by atoms with Gasteiger partial charge in [-0.05, 0) is 32.9 Å². The van der Waals surface area contributed by atoms with Gasteiger partial charge in [-0.25, -0.2) is 15.0 Å². The summed E-state index contributed by atoms with van der Waals surface area (Å²) in [6, 6.07) is 15.0. The van der Waals surface area contributed by atoms with Gasteiger partial charge in [0.1, 0.15) is 23.7 Å². The first-order chi connectivity index (χ1) is 16.2. The third-order valence-corrected chi connectivity index (χ3v) is 5.30. The maximum Gasteiger partial charge on any atom is 0.271 e. The van der Waals surface area contributed by atoms with Crippen molar-refractivity contribution in [2.24, 2.45) is 0 Å². The summed E-state index contributed by atoms with van der Waals surface area (Å²) in [5.41, 5.74) is 9.56. The summed E-state index contributed by atoms with van der Waals surface area (Å²) in [7, 11) is 0. The normalized spacial score (nSPS) is 11.3. The summed E-state index contributed by atoms with van der Waals surface area (Å²) < 4.78 is 0. The van der Waals surface area contributed by atoms with Crippen molar-refractivity contribution >= 4 is 34.3 Å². The molecule has 172 valence electrons. The Morgan fingerprint density at radius 1 is 1.03 bits per heavy atom. The molecule has 0 aliphatic heterocycles. The molecular formula is C25H26N8O. The zero-order chi connectivity index (χ0) is 24.3. The molecule has 9 heteroatoms. The molecule has 2 aromatic carbocycles. The molecule has 0 atom stereocenters. The first-order valence-corrected chi connectivity index (χ1v) is 10.8. The summed E-state index contributed by atoms with van der Waals surface area (Å²) in [5, 5.41) is 14.9. The molecule has 5 N–H and O–H groups in total. The molecule has 34 heavy (non-hydrogen) atoms. The molecule has 4 aromatic rings. The third kappa shape index (κ3) is 4.98. The molecule has 0 saturated carbocycles. The molecule has 0 aliphatic carbocycles. The fourth-order valence-electron chi connectivity index (χ4n) is 3.43. The van der Waals surface area contributed by atoms with E-state index in [2.05, 4.69) is 30.6 Å².